The van der Waals surface area contributed by atoms with E-state index >= 15 is 0 Å². The van der Waals surface area contributed by atoms with Crippen molar-refractivity contribution in [3.05, 3.63) is 69.4 Å². The zero-order chi connectivity index (χ0) is 17.8. The lowest BCUT2D eigenvalue weighted by molar-refractivity contribution is 0.0996. The summed E-state index contributed by atoms with van der Waals surface area (Å²) in [5.74, 6) is -0.0816. The number of nitrogens with one attached hydrogen (secondary N) is 2. The Bertz CT molecular complexity index is 956. The smallest absolute Gasteiger partial charge is 0.291 e. The van der Waals surface area contributed by atoms with Crippen LogP contribution in [0.4, 0.5) is 11.5 Å². The average Bonchev–Trinajstić information content (AvgIpc) is 3.12. The minimum atomic E-state index is -0.583. The number of furan rings is 1. The van der Waals surface area contributed by atoms with Crippen LogP contribution in [0.25, 0.3) is 0 Å². The predicted molar refractivity (Wildman–Crippen MR) is 96.9 cm³/mol. The van der Waals surface area contributed by atoms with Gasteiger partial charge in [0.25, 0.3) is 11.5 Å². The molecule has 4 N–H and O–H groups in total. The summed E-state index contributed by atoms with van der Waals surface area (Å²) in [5, 5.41) is 3.36. The molecule has 0 saturated carbocycles. The van der Waals surface area contributed by atoms with Crippen molar-refractivity contribution in [3.63, 3.8) is 0 Å². The normalized spacial score (nSPS) is 10.6. The molecular weight excluding hydrogens is 364 g/mol. The van der Waals surface area contributed by atoms with E-state index in [1.54, 1.807) is 12.1 Å². The number of nitrogen functional groups attached to an aromatic ring is 1. The molecule has 25 heavy (non-hydrogen) atoms. The van der Waals surface area contributed by atoms with Gasteiger partial charge in [0, 0.05) is 10.8 Å². The van der Waals surface area contributed by atoms with Crippen molar-refractivity contribution in [2.24, 2.45) is 0 Å². The molecule has 2 aromatic heterocycles. The van der Waals surface area contributed by atoms with E-state index in [1.807, 2.05) is 18.2 Å². The van der Waals surface area contributed by atoms with Crippen LogP contribution in [0.3, 0.4) is 0 Å². The summed E-state index contributed by atoms with van der Waals surface area (Å²) in [7, 11) is 0. The van der Waals surface area contributed by atoms with Gasteiger partial charge in [-0.3, -0.25) is 14.6 Å². The van der Waals surface area contributed by atoms with Crippen molar-refractivity contribution in [1.82, 2.24) is 9.97 Å². The number of thioether (sulfide) groups is 1. The molecule has 2 heterocycles. The molecule has 1 aromatic carbocycles. The monoisotopic (exact) mass is 376 g/mol. The van der Waals surface area contributed by atoms with E-state index in [-0.39, 0.29) is 17.3 Å². The van der Waals surface area contributed by atoms with Crippen LogP contribution in [0.15, 0.2) is 57.0 Å². The molecule has 0 radical (unpaired) electrons. The van der Waals surface area contributed by atoms with Gasteiger partial charge < -0.3 is 15.5 Å². The van der Waals surface area contributed by atoms with E-state index in [2.05, 4.69) is 15.3 Å². The fourth-order valence-electron chi connectivity index (χ4n) is 2.00. The Morgan fingerprint density at radius 1 is 1.32 bits per heavy atom. The number of nitrogens with two attached hydrogens (primary N) is 1. The summed E-state index contributed by atoms with van der Waals surface area (Å²) >= 11 is 7.38. The second-order valence-corrected chi connectivity index (χ2v) is 6.31. The van der Waals surface area contributed by atoms with Gasteiger partial charge in [-0.05, 0) is 23.8 Å². The molecule has 3 aromatic rings. The summed E-state index contributed by atoms with van der Waals surface area (Å²) in [5.41, 5.74) is 6.05. The maximum Gasteiger partial charge on any atom is 0.291 e. The first-order valence-electron chi connectivity index (χ1n) is 7.15. The van der Waals surface area contributed by atoms with Crippen LogP contribution in [-0.2, 0) is 5.75 Å². The molecule has 3 rings (SSSR count). The number of carbonyl (C=O) groups is 1. The Morgan fingerprint density at radius 3 is 2.80 bits per heavy atom. The predicted octanol–water partition coefficient (Wildman–Crippen LogP) is 3.14. The lowest BCUT2D eigenvalue weighted by Gasteiger charge is -2.08. The summed E-state index contributed by atoms with van der Waals surface area (Å²) in [6, 6.07) is 10.4. The van der Waals surface area contributed by atoms with E-state index in [4.69, 9.17) is 21.8 Å². The van der Waals surface area contributed by atoms with Gasteiger partial charge in [0.15, 0.2) is 22.4 Å². The van der Waals surface area contributed by atoms with Gasteiger partial charge in [0.05, 0.1) is 6.26 Å². The molecule has 0 spiro atoms. The highest BCUT2D eigenvalue weighted by Gasteiger charge is 2.15. The quantitative estimate of drug-likeness (QED) is 0.465. The van der Waals surface area contributed by atoms with E-state index in [9.17, 15) is 9.59 Å². The first-order chi connectivity index (χ1) is 12.0. The Morgan fingerprint density at radius 2 is 2.12 bits per heavy atom. The molecule has 1 amide bonds. The van der Waals surface area contributed by atoms with Gasteiger partial charge in [-0.1, -0.05) is 41.6 Å². The van der Waals surface area contributed by atoms with Gasteiger partial charge in [-0.15, -0.1) is 0 Å². The van der Waals surface area contributed by atoms with Crippen LogP contribution >= 0.6 is 23.4 Å². The molecule has 9 heteroatoms. The van der Waals surface area contributed by atoms with E-state index in [1.165, 1.54) is 24.1 Å². The van der Waals surface area contributed by atoms with E-state index in [0.29, 0.717) is 15.9 Å². The van der Waals surface area contributed by atoms with Crippen LogP contribution < -0.4 is 16.6 Å². The third kappa shape index (κ3) is 4.04. The summed E-state index contributed by atoms with van der Waals surface area (Å²) in [6.45, 7) is 0. The van der Waals surface area contributed by atoms with Crippen LogP contribution in [0.5, 0.6) is 0 Å². The Hall–Kier alpha value is -2.71. The molecule has 0 atom stereocenters. The van der Waals surface area contributed by atoms with Crippen LogP contribution in [0.2, 0.25) is 5.02 Å². The molecule has 0 unspecified atom stereocenters. The minimum absolute atomic E-state index is 0.0657. The number of aromatic amines is 1. The highest BCUT2D eigenvalue weighted by atomic mass is 35.5. The number of H-pyrrole nitrogens is 1. The van der Waals surface area contributed by atoms with Crippen molar-refractivity contribution < 1.29 is 9.21 Å². The summed E-state index contributed by atoms with van der Waals surface area (Å²) in [4.78, 5) is 30.8. The molecule has 0 bridgehead atoms. The first kappa shape index (κ1) is 17.1. The van der Waals surface area contributed by atoms with Gasteiger partial charge >= 0.3 is 0 Å². The lowest BCUT2D eigenvalue weighted by atomic mass is 10.2. The fraction of sp³-hybridized carbons (Fsp3) is 0.0625. The Balaban J connectivity index is 1.75. The molecule has 0 fully saturated rings. The highest BCUT2D eigenvalue weighted by molar-refractivity contribution is 7.98. The lowest BCUT2D eigenvalue weighted by Crippen LogP contribution is -2.22. The molecule has 0 aliphatic heterocycles. The number of anilines is 2. The van der Waals surface area contributed by atoms with Crippen molar-refractivity contribution >= 4 is 40.8 Å². The molecule has 0 aliphatic rings. The van der Waals surface area contributed by atoms with Gasteiger partial charge in [-0.2, -0.15) is 0 Å². The number of aromatic nitrogens is 2. The van der Waals surface area contributed by atoms with E-state index in [0.717, 1.165) is 5.56 Å². The fourth-order valence-corrected chi connectivity index (χ4v) is 3.16. The second kappa shape index (κ2) is 7.45. The largest absolute Gasteiger partial charge is 0.459 e. The van der Waals surface area contributed by atoms with Gasteiger partial charge in [0.1, 0.15) is 0 Å². The zero-order valence-electron chi connectivity index (χ0n) is 12.8. The Labute approximate surface area is 151 Å². The number of hydrogen-bond acceptors (Lipinski definition) is 6. The topological polar surface area (TPSA) is 114 Å². The Kier molecular flexibility index (Phi) is 5.11. The summed E-state index contributed by atoms with van der Waals surface area (Å²) < 4.78 is 4.97. The first-order valence-corrected chi connectivity index (χ1v) is 8.52. The number of hydrogen-bond donors (Lipinski definition) is 3. The molecule has 128 valence electrons. The van der Waals surface area contributed by atoms with Gasteiger partial charge in [0.2, 0.25) is 0 Å². The second-order valence-electron chi connectivity index (χ2n) is 4.94. The number of carbonyl (C=O) groups excluding carboxylic acids is 1. The minimum Gasteiger partial charge on any atom is -0.459 e. The molecule has 0 saturated heterocycles. The number of benzene rings is 1. The maximum atomic E-state index is 12.2. The summed E-state index contributed by atoms with van der Waals surface area (Å²) in [6.07, 6.45) is 1.36. The standard InChI is InChI=1S/C16H13ClN4O3S/c17-10-5-2-1-4-9(10)8-25-16-20-13(18)12(15(23)21-16)19-14(22)11-6-3-7-24-11/h1-7H,8H2,(H,19,22)(H3,18,20,21,23). The SMILES string of the molecule is Nc1nc(SCc2ccccc2Cl)[nH]c(=O)c1NC(=O)c1ccco1. The number of nitrogens with zero attached hydrogens (tertiary/aromatic N) is 1. The third-order valence-electron chi connectivity index (χ3n) is 3.23. The average molecular weight is 377 g/mol. The number of halogens is 1. The maximum absolute atomic E-state index is 12.2. The molecule has 0 aliphatic carbocycles. The van der Waals surface area contributed by atoms with Crippen LogP contribution in [0.1, 0.15) is 16.1 Å². The van der Waals surface area contributed by atoms with Crippen molar-refractivity contribution in [3.8, 4) is 0 Å². The van der Waals surface area contributed by atoms with E-state index < -0.39 is 11.5 Å². The van der Waals surface area contributed by atoms with Crippen LogP contribution in [-0.4, -0.2) is 15.9 Å². The van der Waals surface area contributed by atoms with Gasteiger partial charge in [-0.25, -0.2) is 4.98 Å². The molecular formula is C16H13ClN4O3S. The number of rotatable bonds is 5. The molecule has 7 nitrogen and oxygen atoms in total. The van der Waals surface area contributed by atoms with Crippen molar-refractivity contribution in [2.45, 2.75) is 10.9 Å². The zero-order valence-corrected chi connectivity index (χ0v) is 14.4. The van der Waals surface area contributed by atoms with Crippen LogP contribution in [0, 0.1) is 0 Å². The highest BCUT2D eigenvalue weighted by Crippen LogP contribution is 2.25. The number of amides is 1. The third-order valence-corrected chi connectivity index (χ3v) is 4.52. The van der Waals surface area contributed by atoms with Crippen molar-refractivity contribution in [2.75, 3.05) is 11.1 Å². The van der Waals surface area contributed by atoms with Crippen molar-refractivity contribution in [1.29, 1.82) is 0 Å².